The lowest BCUT2D eigenvalue weighted by molar-refractivity contribution is -0.137. The lowest BCUT2D eigenvalue weighted by atomic mass is 10.1. The molecule has 3 nitrogen and oxygen atoms in total. The van der Waals surface area contributed by atoms with Crippen molar-refractivity contribution in [1.82, 2.24) is 4.31 Å². The number of aryl methyl sites for hydroxylation is 1. The summed E-state index contributed by atoms with van der Waals surface area (Å²) in [6.45, 7) is 1.84. The topological polar surface area (TPSA) is 37.4 Å². The Kier molecular flexibility index (Phi) is 4.90. The molecular weight excluding hydrogens is 339 g/mol. The third-order valence-corrected chi connectivity index (χ3v) is 4.93. The monoisotopic (exact) mass is 353 g/mol. The van der Waals surface area contributed by atoms with Crippen molar-refractivity contribution < 1.29 is 21.6 Å². The van der Waals surface area contributed by atoms with Crippen molar-refractivity contribution in [2.45, 2.75) is 18.0 Å². The van der Waals surface area contributed by atoms with Gasteiger partial charge in [-0.3, -0.25) is 0 Å². The van der Waals surface area contributed by atoms with E-state index in [4.69, 9.17) is 0 Å². The molecule has 126 valence electrons. The van der Waals surface area contributed by atoms with Crippen LogP contribution in [0.15, 0.2) is 53.4 Å². The fourth-order valence-electron chi connectivity index (χ4n) is 1.81. The van der Waals surface area contributed by atoms with E-state index < -0.39 is 21.8 Å². The normalized spacial score (nSPS) is 11.5. The van der Waals surface area contributed by atoms with Crippen molar-refractivity contribution in [2.75, 3.05) is 7.05 Å². The van der Waals surface area contributed by atoms with Crippen LogP contribution < -0.4 is 0 Å². The highest BCUT2D eigenvalue weighted by molar-refractivity contribution is 7.89. The van der Waals surface area contributed by atoms with E-state index in [1.807, 2.05) is 6.92 Å². The zero-order valence-corrected chi connectivity index (χ0v) is 13.7. The molecule has 2 rings (SSSR count). The molecule has 0 unspecified atom stereocenters. The minimum atomic E-state index is -4.42. The average molecular weight is 353 g/mol. The summed E-state index contributed by atoms with van der Waals surface area (Å²) in [6, 6.07) is 12.9. The van der Waals surface area contributed by atoms with Crippen molar-refractivity contribution in [3.63, 3.8) is 0 Å². The molecule has 0 atom stereocenters. The van der Waals surface area contributed by atoms with E-state index in [2.05, 4.69) is 12.0 Å². The minimum Gasteiger partial charge on any atom is -0.227 e. The molecule has 0 aliphatic heterocycles. The van der Waals surface area contributed by atoms with Crippen LogP contribution in [0.25, 0.3) is 0 Å². The Hall–Kier alpha value is -2.46. The standard InChI is InChI=1S/C17H14F3NO2S/c1-13-3-9-16(10-4-13)24(22,23)21(2)12-11-14-5-7-15(8-6-14)17(18,19)20/h3-10H,1-2H3. The summed E-state index contributed by atoms with van der Waals surface area (Å²) in [7, 11) is -2.49. The fourth-order valence-corrected chi connectivity index (χ4v) is 2.78. The van der Waals surface area contributed by atoms with E-state index in [-0.39, 0.29) is 10.5 Å². The molecule has 2 aromatic rings. The first-order valence-corrected chi connectivity index (χ1v) is 8.29. The summed E-state index contributed by atoms with van der Waals surface area (Å²) in [4.78, 5) is 0.0947. The number of sulfonamides is 1. The van der Waals surface area contributed by atoms with Crippen LogP contribution in [0.1, 0.15) is 16.7 Å². The first-order valence-electron chi connectivity index (χ1n) is 6.85. The molecule has 0 aliphatic rings. The quantitative estimate of drug-likeness (QED) is 0.611. The summed E-state index contributed by atoms with van der Waals surface area (Å²) in [5, 5.41) is 0. The highest BCUT2D eigenvalue weighted by Gasteiger charge is 2.29. The van der Waals surface area contributed by atoms with Crippen molar-refractivity contribution >= 4 is 10.0 Å². The average Bonchev–Trinajstić information content (AvgIpc) is 2.52. The molecule has 0 spiro atoms. The first kappa shape index (κ1) is 17.9. The van der Waals surface area contributed by atoms with Crippen LogP contribution in [0.5, 0.6) is 0 Å². The highest BCUT2D eigenvalue weighted by atomic mass is 32.2. The summed E-state index contributed by atoms with van der Waals surface area (Å²) in [5.74, 6) is 2.54. The van der Waals surface area contributed by atoms with Gasteiger partial charge in [0.2, 0.25) is 0 Å². The Balaban J connectivity index is 2.22. The van der Waals surface area contributed by atoms with Crippen molar-refractivity contribution in [2.24, 2.45) is 0 Å². The molecule has 0 saturated heterocycles. The van der Waals surface area contributed by atoms with Gasteiger partial charge in [-0.25, -0.2) is 12.7 Å². The maximum atomic E-state index is 12.5. The number of benzene rings is 2. The minimum absolute atomic E-state index is 0.0947. The van der Waals surface area contributed by atoms with Gasteiger partial charge in [-0.1, -0.05) is 17.7 Å². The Morgan fingerprint density at radius 1 is 0.958 bits per heavy atom. The SMILES string of the molecule is Cc1ccc(S(=O)(=O)N(C)C#Cc2ccc(C(F)(F)F)cc2)cc1. The highest BCUT2D eigenvalue weighted by Crippen LogP contribution is 2.28. The predicted molar refractivity (Wildman–Crippen MR) is 84.4 cm³/mol. The smallest absolute Gasteiger partial charge is 0.227 e. The molecule has 7 heteroatoms. The van der Waals surface area contributed by atoms with E-state index in [0.717, 1.165) is 22.0 Å². The Morgan fingerprint density at radius 3 is 2.00 bits per heavy atom. The molecule has 2 aromatic carbocycles. The number of hydrogen-bond donors (Lipinski definition) is 0. The number of rotatable bonds is 2. The van der Waals surface area contributed by atoms with Crippen molar-refractivity contribution in [3.8, 4) is 12.0 Å². The van der Waals surface area contributed by atoms with Crippen LogP contribution in [-0.4, -0.2) is 19.8 Å². The predicted octanol–water partition coefficient (Wildman–Crippen LogP) is 3.64. The molecule has 0 N–H and O–H groups in total. The zero-order chi connectivity index (χ0) is 18.0. The Morgan fingerprint density at radius 2 is 1.50 bits per heavy atom. The van der Waals surface area contributed by atoms with Gasteiger partial charge in [0.05, 0.1) is 10.5 Å². The van der Waals surface area contributed by atoms with Gasteiger partial charge in [0.25, 0.3) is 10.0 Å². The summed E-state index contributed by atoms with van der Waals surface area (Å²) >= 11 is 0. The molecule has 0 bridgehead atoms. The molecule has 0 fully saturated rings. The number of alkyl halides is 3. The van der Waals surface area contributed by atoms with E-state index in [1.165, 1.54) is 31.3 Å². The van der Waals surface area contributed by atoms with E-state index in [0.29, 0.717) is 0 Å². The lowest BCUT2D eigenvalue weighted by Gasteiger charge is -2.12. The molecule has 0 heterocycles. The van der Waals surface area contributed by atoms with Gasteiger partial charge in [0.15, 0.2) is 0 Å². The van der Waals surface area contributed by atoms with Crippen LogP contribution in [0.4, 0.5) is 13.2 Å². The van der Waals surface area contributed by atoms with Crippen LogP contribution >= 0.6 is 0 Å². The van der Waals surface area contributed by atoms with Crippen LogP contribution in [0.3, 0.4) is 0 Å². The maximum absolute atomic E-state index is 12.5. The van der Waals surface area contributed by atoms with Crippen molar-refractivity contribution in [3.05, 3.63) is 65.2 Å². The summed E-state index contributed by atoms with van der Waals surface area (Å²) in [6.07, 6.45) is -4.42. The van der Waals surface area contributed by atoms with Crippen LogP contribution in [0.2, 0.25) is 0 Å². The van der Waals surface area contributed by atoms with Gasteiger partial charge >= 0.3 is 6.18 Å². The van der Waals surface area contributed by atoms with Crippen LogP contribution in [-0.2, 0) is 16.2 Å². The number of hydrogen-bond acceptors (Lipinski definition) is 2. The Bertz CT molecular complexity index is 875. The molecular formula is C17H14F3NO2S. The van der Waals surface area contributed by atoms with Gasteiger partial charge in [0, 0.05) is 18.7 Å². The third-order valence-electron chi connectivity index (χ3n) is 3.25. The molecule has 0 radical (unpaired) electrons. The molecule has 24 heavy (non-hydrogen) atoms. The second-order valence-electron chi connectivity index (χ2n) is 5.10. The van der Waals surface area contributed by atoms with E-state index >= 15 is 0 Å². The van der Waals surface area contributed by atoms with E-state index in [9.17, 15) is 21.6 Å². The van der Waals surface area contributed by atoms with Gasteiger partial charge in [-0.15, -0.1) is 0 Å². The first-order chi connectivity index (χ1) is 11.1. The second kappa shape index (κ2) is 6.57. The largest absolute Gasteiger partial charge is 0.416 e. The molecule has 0 aliphatic carbocycles. The number of nitrogens with zero attached hydrogens (tertiary/aromatic N) is 1. The molecule has 0 saturated carbocycles. The fraction of sp³-hybridized carbons (Fsp3) is 0.176. The van der Waals surface area contributed by atoms with E-state index in [1.54, 1.807) is 12.1 Å². The molecule has 0 aromatic heterocycles. The van der Waals surface area contributed by atoms with Gasteiger partial charge in [0.1, 0.15) is 0 Å². The van der Waals surface area contributed by atoms with Crippen molar-refractivity contribution in [1.29, 1.82) is 0 Å². The second-order valence-corrected chi connectivity index (χ2v) is 7.07. The van der Waals surface area contributed by atoms with Gasteiger partial charge in [-0.05, 0) is 49.2 Å². The van der Waals surface area contributed by atoms with Gasteiger partial charge < -0.3 is 0 Å². The number of halogens is 3. The summed E-state index contributed by atoms with van der Waals surface area (Å²) < 4.78 is 62.9. The summed E-state index contributed by atoms with van der Waals surface area (Å²) in [5.41, 5.74) is 0.426. The lowest BCUT2D eigenvalue weighted by Crippen LogP contribution is -2.22. The third kappa shape index (κ3) is 4.09. The zero-order valence-electron chi connectivity index (χ0n) is 12.9. The maximum Gasteiger partial charge on any atom is 0.416 e. The Labute approximate surface area is 138 Å². The van der Waals surface area contributed by atoms with Gasteiger partial charge in [-0.2, -0.15) is 13.2 Å². The molecule has 0 amide bonds. The van der Waals surface area contributed by atoms with Crippen LogP contribution in [0, 0.1) is 18.9 Å².